The first-order chi connectivity index (χ1) is 8.47. The second kappa shape index (κ2) is 6.95. The summed E-state index contributed by atoms with van der Waals surface area (Å²) in [6.07, 6.45) is 0.167. The van der Waals surface area contributed by atoms with E-state index in [-0.39, 0.29) is 30.7 Å². The van der Waals surface area contributed by atoms with Crippen molar-refractivity contribution < 1.29 is 19.5 Å². The van der Waals surface area contributed by atoms with E-state index in [2.05, 4.69) is 10.6 Å². The Kier molecular flexibility index (Phi) is 5.57. The van der Waals surface area contributed by atoms with Crippen LogP contribution in [-0.4, -0.2) is 60.5 Å². The van der Waals surface area contributed by atoms with Gasteiger partial charge in [0.05, 0.1) is 13.0 Å². The Labute approximate surface area is 106 Å². The Bertz CT molecular complexity index is 326. The van der Waals surface area contributed by atoms with E-state index < -0.39 is 5.97 Å². The molecule has 0 atom stereocenters. The van der Waals surface area contributed by atoms with Crippen LogP contribution in [0.4, 0.5) is 0 Å². The topological polar surface area (TPSA) is 98.7 Å². The van der Waals surface area contributed by atoms with Crippen LogP contribution < -0.4 is 10.6 Å². The molecule has 7 nitrogen and oxygen atoms in total. The van der Waals surface area contributed by atoms with Gasteiger partial charge in [0.25, 0.3) is 0 Å². The number of likely N-dealkylation sites (tertiary alicyclic amines) is 1. The molecule has 0 unspecified atom stereocenters. The van der Waals surface area contributed by atoms with Gasteiger partial charge in [0, 0.05) is 33.1 Å². The number of carbonyl (C=O) groups is 3. The van der Waals surface area contributed by atoms with Crippen molar-refractivity contribution in [2.24, 2.45) is 5.92 Å². The summed E-state index contributed by atoms with van der Waals surface area (Å²) >= 11 is 0. The predicted octanol–water partition coefficient (Wildman–Crippen LogP) is -1.35. The molecule has 2 amide bonds. The molecule has 102 valence electrons. The third kappa shape index (κ3) is 5.62. The number of amides is 2. The highest BCUT2D eigenvalue weighted by Gasteiger charge is 2.29. The molecule has 0 aliphatic carbocycles. The minimum Gasteiger partial charge on any atom is -0.481 e. The van der Waals surface area contributed by atoms with E-state index in [9.17, 15) is 14.4 Å². The lowest BCUT2D eigenvalue weighted by atomic mass is 9.96. The Balaban J connectivity index is 2.01. The SMILES string of the molecule is CC(=O)NCCNC(=O)CN1CC(CC(=O)O)C1. The van der Waals surface area contributed by atoms with Gasteiger partial charge in [-0.15, -0.1) is 0 Å². The molecule has 18 heavy (non-hydrogen) atoms. The lowest BCUT2D eigenvalue weighted by Gasteiger charge is -2.37. The summed E-state index contributed by atoms with van der Waals surface area (Å²) in [5.41, 5.74) is 0. The summed E-state index contributed by atoms with van der Waals surface area (Å²) in [6, 6.07) is 0. The zero-order chi connectivity index (χ0) is 13.5. The van der Waals surface area contributed by atoms with Gasteiger partial charge in [-0.1, -0.05) is 0 Å². The second-order valence-electron chi connectivity index (χ2n) is 4.49. The molecule has 1 aliphatic heterocycles. The van der Waals surface area contributed by atoms with Crippen LogP contribution in [0, 0.1) is 5.92 Å². The van der Waals surface area contributed by atoms with E-state index >= 15 is 0 Å². The van der Waals surface area contributed by atoms with Crippen LogP contribution >= 0.6 is 0 Å². The van der Waals surface area contributed by atoms with Gasteiger partial charge in [0.2, 0.25) is 11.8 Å². The molecular weight excluding hydrogens is 238 g/mol. The van der Waals surface area contributed by atoms with Crippen molar-refractivity contribution >= 4 is 17.8 Å². The highest BCUT2D eigenvalue weighted by atomic mass is 16.4. The zero-order valence-electron chi connectivity index (χ0n) is 10.4. The molecular formula is C11H19N3O4. The zero-order valence-corrected chi connectivity index (χ0v) is 10.4. The third-order valence-corrected chi connectivity index (χ3v) is 2.68. The first-order valence-electron chi connectivity index (χ1n) is 5.92. The van der Waals surface area contributed by atoms with E-state index in [1.54, 1.807) is 0 Å². The van der Waals surface area contributed by atoms with Crippen LogP contribution in [0.1, 0.15) is 13.3 Å². The van der Waals surface area contributed by atoms with Crippen molar-refractivity contribution in [2.45, 2.75) is 13.3 Å². The standard InChI is InChI=1S/C11H19N3O4/c1-8(15)12-2-3-13-10(16)7-14-5-9(6-14)4-11(17)18/h9H,2-7H2,1H3,(H,12,15)(H,13,16)(H,17,18). The maximum Gasteiger partial charge on any atom is 0.303 e. The average Bonchev–Trinajstić information content (AvgIpc) is 2.20. The normalized spacial score (nSPS) is 15.8. The van der Waals surface area contributed by atoms with Gasteiger partial charge >= 0.3 is 5.97 Å². The molecule has 0 aromatic heterocycles. The molecule has 1 aliphatic rings. The number of carbonyl (C=O) groups excluding carboxylic acids is 2. The van der Waals surface area contributed by atoms with Gasteiger partial charge in [-0.3, -0.25) is 19.3 Å². The Hall–Kier alpha value is -1.63. The van der Waals surface area contributed by atoms with Crippen molar-refractivity contribution in [1.82, 2.24) is 15.5 Å². The Morgan fingerprint density at radius 3 is 2.39 bits per heavy atom. The van der Waals surface area contributed by atoms with Gasteiger partial charge in [0.15, 0.2) is 0 Å². The van der Waals surface area contributed by atoms with Crippen LogP contribution in [0.5, 0.6) is 0 Å². The summed E-state index contributed by atoms with van der Waals surface area (Å²) in [7, 11) is 0. The molecule has 0 spiro atoms. The molecule has 1 fully saturated rings. The number of carboxylic acid groups (broad SMARTS) is 1. The summed E-state index contributed by atoms with van der Waals surface area (Å²) in [4.78, 5) is 34.3. The lowest BCUT2D eigenvalue weighted by Crippen LogP contribution is -2.51. The highest BCUT2D eigenvalue weighted by Crippen LogP contribution is 2.17. The number of nitrogens with one attached hydrogen (secondary N) is 2. The van der Waals surface area contributed by atoms with E-state index in [1.807, 2.05) is 4.90 Å². The lowest BCUT2D eigenvalue weighted by molar-refractivity contribution is -0.139. The van der Waals surface area contributed by atoms with Crippen molar-refractivity contribution in [3.05, 3.63) is 0 Å². The molecule has 0 saturated carbocycles. The predicted molar refractivity (Wildman–Crippen MR) is 63.9 cm³/mol. The summed E-state index contributed by atoms with van der Waals surface area (Å²) in [5, 5.41) is 13.8. The molecule has 0 bridgehead atoms. The Morgan fingerprint density at radius 2 is 1.83 bits per heavy atom. The largest absolute Gasteiger partial charge is 0.481 e. The fraction of sp³-hybridized carbons (Fsp3) is 0.727. The quantitative estimate of drug-likeness (QED) is 0.490. The fourth-order valence-electron chi connectivity index (χ4n) is 1.88. The average molecular weight is 257 g/mol. The summed E-state index contributed by atoms with van der Waals surface area (Å²) in [6.45, 7) is 3.85. The summed E-state index contributed by atoms with van der Waals surface area (Å²) < 4.78 is 0. The van der Waals surface area contributed by atoms with E-state index in [0.717, 1.165) is 0 Å². The van der Waals surface area contributed by atoms with E-state index in [0.29, 0.717) is 26.2 Å². The maximum atomic E-state index is 11.4. The van der Waals surface area contributed by atoms with Gasteiger partial charge in [-0.05, 0) is 5.92 Å². The van der Waals surface area contributed by atoms with Crippen molar-refractivity contribution in [1.29, 1.82) is 0 Å². The van der Waals surface area contributed by atoms with Crippen LogP contribution in [0.2, 0.25) is 0 Å². The number of nitrogens with zero attached hydrogens (tertiary/aromatic N) is 1. The molecule has 0 aromatic carbocycles. The molecule has 3 N–H and O–H groups in total. The third-order valence-electron chi connectivity index (χ3n) is 2.68. The highest BCUT2D eigenvalue weighted by molar-refractivity contribution is 5.78. The maximum absolute atomic E-state index is 11.4. The minimum absolute atomic E-state index is 0.103. The van der Waals surface area contributed by atoms with Gasteiger partial charge in [-0.25, -0.2) is 0 Å². The van der Waals surface area contributed by atoms with Gasteiger partial charge < -0.3 is 15.7 Å². The van der Waals surface area contributed by atoms with Crippen LogP contribution in [0.3, 0.4) is 0 Å². The van der Waals surface area contributed by atoms with Crippen molar-refractivity contribution in [2.75, 3.05) is 32.7 Å². The van der Waals surface area contributed by atoms with Gasteiger partial charge in [-0.2, -0.15) is 0 Å². The second-order valence-corrected chi connectivity index (χ2v) is 4.49. The molecule has 1 saturated heterocycles. The fourth-order valence-corrected chi connectivity index (χ4v) is 1.88. The molecule has 1 heterocycles. The first-order valence-corrected chi connectivity index (χ1v) is 5.92. The van der Waals surface area contributed by atoms with Crippen LogP contribution in [0.25, 0.3) is 0 Å². The number of hydrogen-bond donors (Lipinski definition) is 3. The van der Waals surface area contributed by atoms with E-state index in [1.165, 1.54) is 6.92 Å². The Morgan fingerprint density at radius 1 is 1.22 bits per heavy atom. The molecule has 1 rings (SSSR count). The van der Waals surface area contributed by atoms with Crippen LogP contribution in [0.15, 0.2) is 0 Å². The summed E-state index contributed by atoms with van der Waals surface area (Å²) in [5.74, 6) is -0.855. The minimum atomic E-state index is -0.792. The molecule has 7 heteroatoms. The monoisotopic (exact) mass is 257 g/mol. The number of aliphatic carboxylic acids is 1. The van der Waals surface area contributed by atoms with E-state index in [4.69, 9.17) is 5.11 Å². The number of carboxylic acids is 1. The van der Waals surface area contributed by atoms with Crippen LogP contribution in [-0.2, 0) is 14.4 Å². The number of rotatable bonds is 7. The van der Waals surface area contributed by atoms with Gasteiger partial charge in [0.1, 0.15) is 0 Å². The molecule has 0 radical (unpaired) electrons. The van der Waals surface area contributed by atoms with Crippen molar-refractivity contribution in [3.63, 3.8) is 0 Å². The number of hydrogen-bond acceptors (Lipinski definition) is 4. The molecule has 0 aromatic rings. The smallest absolute Gasteiger partial charge is 0.303 e. The first kappa shape index (κ1) is 14.4. The van der Waals surface area contributed by atoms with Crippen molar-refractivity contribution in [3.8, 4) is 0 Å².